The molecule has 0 rings (SSSR count). The molecule has 0 aromatic heterocycles. The van der Waals surface area contributed by atoms with E-state index >= 15 is 0 Å². The van der Waals surface area contributed by atoms with Gasteiger partial charge in [0.1, 0.15) is 13.2 Å². The van der Waals surface area contributed by atoms with Gasteiger partial charge in [-0.2, -0.15) is 0 Å². The van der Waals surface area contributed by atoms with Crippen molar-refractivity contribution in [1.82, 2.24) is 0 Å². The average molecular weight is 883 g/mol. The summed E-state index contributed by atoms with van der Waals surface area (Å²) in [5.41, 5.74) is 0. The van der Waals surface area contributed by atoms with Crippen LogP contribution in [-0.4, -0.2) is 37.2 Å². The van der Waals surface area contributed by atoms with E-state index in [9.17, 15) is 14.4 Å². The summed E-state index contributed by atoms with van der Waals surface area (Å²) in [7, 11) is 0. The molecule has 0 radical (unpaired) electrons. The summed E-state index contributed by atoms with van der Waals surface area (Å²) in [5.74, 6) is -0.916. The molecule has 0 heterocycles. The van der Waals surface area contributed by atoms with Gasteiger partial charge in [0.05, 0.1) is 0 Å². The second kappa shape index (κ2) is 52.0. The minimum absolute atomic E-state index is 0.0859. The number of allylic oxidation sites excluding steroid dienone is 8. The first kappa shape index (κ1) is 60.4. The lowest BCUT2D eigenvalue weighted by atomic mass is 10.0. The van der Waals surface area contributed by atoms with Gasteiger partial charge in [-0.1, -0.05) is 249 Å². The van der Waals surface area contributed by atoms with Crippen LogP contribution in [0.1, 0.15) is 278 Å². The van der Waals surface area contributed by atoms with Crippen molar-refractivity contribution in [3.63, 3.8) is 0 Å². The Labute approximate surface area is 390 Å². The molecule has 1 atom stereocenters. The molecule has 0 bridgehead atoms. The SMILES string of the molecule is CC/C=C\C/C=C\C/C=C\C/C=C\CCCCC(=O)O[C@H](COC(=O)CCCCCCCCCCCCCC)COC(=O)CCCCCCCCCCCCCCCCCCCC. The summed E-state index contributed by atoms with van der Waals surface area (Å²) in [6.45, 7) is 6.51. The number of esters is 3. The number of hydrogen-bond acceptors (Lipinski definition) is 6. The number of ether oxygens (including phenoxy) is 3. The van der Waals surface area contributed by atoms with Crippen molar-refractivity contribution in [2.75, 3.05) is 13.2 Å². The van der Waals surface area contributed by atoms with E-state index in [0.29, 0.717) is 19.3 Å². The van der Waals surface area contributed by atoms with Crippen LogP contribution in [0.15, 0.2) is 48.6 Å². The van der Waals surface area contributed by atoms with Crippen molar-refractivity contribution in [3.05, 3.63) is 48.6 Å². The molecule has 0 aliphatic rings. The molecule has 0 unspecified atom stereocenters. The van der Waals surface area contributed by atoms with Crippen molar-refractivity contribution in [1.29, 1.82) is 0 Å². The van der Waals surface area contributed by atoms with E-state index in [2.05, 4.69) is 69.4 Å². The van der Waals surface area contributed by atoms with Gasteiger partial charge < -0.3 is 14.2 Å². The molecule has 0 aliphatic carbocycles. The lowest BCUT2D eigenvalue weighted by molar-refractivity contribution is -0.167. The highest BCUT2D eigenvalue weighted by Crippen LogP contribution is 2.16. The van der Waals surface area contributed by atoms with Crippen molar-refractivity contribution >= 4 is 17.9 Å². The van der Waals surface area contributed by atoms with E-state index < -0.39 is 6.10 Å². The van der Waals surface area contributed by atoms with Gasteiger partial charge in [0.15, 0.2) is 6.10 Å². The molecule has 0 aliphatic heterocycles. The largest absolute Gasteiger partial charge is 0.462 e. The fraction of sp³-hybridized carbons (Fsp3) is 0.807. The highest BCUT2D eigenvalue weighted by Gasteiger charge is 2.19. The summed E-state index contributed by atoms with van der Waals surface area (Å²) in [6.07, 6.45) is 62.4. The second-order valence-electron chi connectivity index (χ2n) is 18.1. The normalized spacial score (nSPS) is 12.4. The summed E-state index contributed by atoms with van der Waals surface area (Å²) < 4.78 is 16.8. The van der Waals surface area contributed by atoms with Gasteiger partial charge in [-0.3, -0.25) is 14.4 Å². The molecule has 0 spiro atoms. The molecule has 0 N–H and O–H groups in total. The third-order valence-electron chi connectivity index (χ3n) is 11.8. The molecular formula is C57H102O6. The maximum absolute atomic E-state index is 12.8. The number of hydrogen-bond donors (Lipinski definition) is 0. The molecular weight excluding hydrogens is 781 g/mol. The van der Waals surface area contributed by atoms with Crippen molar-refractivity contribution in [2.45, 2.75) is 284 Å². The quantitative estimate of drug-likeness (QED) is 0.0262. The lowest BCUT2D eigenvalue weighted by Gasteiger charge is -2.18. The Morgan fingerprint density at radius 1 is 0.333 bits per heavy atom. The highest BCUT2D eigenvalue weighted by atomic mass is 16.6. The van der Waals surface area contributed by atoms with Gasteiger partial charge in [-0.25, -0.2) is 0 Å². The Bertz CT molecular complexity index is 1110. The van der Waals surface area contributed by atoms with Crippen LogP contribution in [0.3, 0.4) is 0 Å². The molecule has 6 heteroatoms. The van der Waals surface area contributed by atoms with Crippen molar-refractivity contribution in [3.8, 4) is 0 Å². The van der Waals surface area contributed by atoms with Crippen LogP contribution in [0.5, 0.6) is 0 Å². The number of carbonyl (C=O) groups excluding carboxylic acids is 3. The van der Waals surface area contributed by atoms with Crippen molar-refractivity contribution < 1.29 is 28.6 Å². The summed E-state index contributed by atoms with van der Waals surface area (Å²) in [6, 6.07) is 0. The summed E-state index contributed by atoms with van der Waals surface area (Å²) in [4.78, 5) is 38.0. The van der Waals surface area contributed by atoms with Crippen LogP contribution >= 0.6 is 0 Å². The second-order valence-corrected chi connectivity index (χ2v) is 18.1. The zero-order valence-corrected chi connectivity index (χ0v) is 41.8. The standard InChI is InChI=1S/C57H102O6/c1-4-7-10-13-16-19-22-25-27-28-29-31-32-35-38-41-44-47-50-56(59)62-53-54(52-61-55(58)49-46-43-40-37-34-24-21-18-15-12-9-6-3)63-57(60)51-48-45-42-39-36-33-30-26-23-20-17-14-11-8-5-2/h8,11,17,20,26,30,36,39,54H,4-7,9-10,12-16,18-19,21-25,27-29,31-35,37-38,40-53H2,1-3H3/b11-8-,20-17-,30-26-,39-36-/t54-/m1/s1. The van der Waals surface area contributed by atoms with E-state index in [4.69, 9.17) is 14.2 Å². The molecule has 63 heavy (non-hydrogen) atoms. The van der Waals surface area contributed by atoms with Gasteiger partial charge in [0.25, 0.3) is 0 Å². The van der Waals surface area contributed by atoms with Gasteiger partial charge in [-0.05, 0) is 57.8 Å². The van der Waals surface area contributed by atoms with Gasteiger partial charge in [-0.15, -0.1) is 0 Å². The molecule has 0 amide bonds. The lowest BCUT2D eigenvalue weighted by Crippen LogP contribution is -2.30. The first-order valence-electron chi connectivity index (χ1n) is 27.1. The number of carbonyl (C=O) groups is 3. The van der Waals surface area contributed by atoms with Crippen LogP contribution in [0.25, 0.3) is 0 Å². The zero-order chi connectivity index (χ0) is 45.8. The minimum Gasteiger partial charge on any atom is -0.462 e. The highest BCUT2D eigenvalue weighted by molar-refractivity contribution is 5.71. The van der Waals surface area contributed by atoms with E-state index in [1.54, 1.807) is 0 Å². The van der Waals surface area contributed by atoms with Gasteiger partial charge >= 0.3 is 17.9 Å². The summed E-state index contributed by atoms with van der Waals surface area (Å²) >= 11 is 0. The molecule has 6 nitrogen and oxygen atoms in total. The molecule has 0 fully saturated rings. The zero-order valence-electron chi connectivity index (χ0n) is 41.8. The van der Waals surface area contributed by atoms with Crippen molar-refractivity contribution in [2.24, 2.45) is 0 Å². The maximum atomic E-state index is 12.8. The molecule has 0 saturated carbocycles. The third kappa shape index (κ3) is 50.2. The smallest absolute Gasteiger partial charge is 0.306 e. The first-order chi connectivity index (χ1) is 31.0. The Hall–Kier alpha value is -2.63. The Kier molecular flexibility index (Phi) is 49.8. The van der Waals surface area contributed by atoms with Gasteiger partial charge in [0.2, 0.25) is 0 Å². The molecule has 0 saturated heterocycles. The Balaban J connectivity index is 4.37. The predicted octanol–water partition coefficient (Wildman–Crippen LogP) is 17.9. The number of rotatable bonds is 49. The Morgan fingerprint density at radius 3 is 0.968 bits per heavy atom. The van der Waals surface area contributed by atoms with Crippen LogP contribution in [0, 0.1) is 0 Å². The third-order valence-corrected chi connectivity index (χ3v) is 11.8. The van der Waals surface area contributed by atoms with E-state index in [1.165, 1.54) is 154 Å². The molecule has 366 valence electrons. The average Bonchev–Trinajstić information content (AvgIpc) is 3.28. The van der Waals surface area contributed by atoms with Crippen LogP contribution in [0.2, 0.25) is 0 Å². The van der Waals surface area contributed by atoms with Crippen LogP contribution in [0.4, 0.5) is 0 Å². The topological polar surface area (TPSA) is 78.9 Å². The first-order valence-corrected chi connectivity index (χ1v) is 27.1. The maximum Gasteiger partial charge on any atom is 0.306 e. The fourth-order valence-electron chi connectivity index (χ4n) is 7.79. The van der Waals surface area contributed by atoms with E-state index in [-0.39, 0.29) is 37.5 Å². The number of unbranched alkanes of at least 4 members (excludes halogenated alkanes) is 30. The van der Waals surface area contributed by atoms with Crippen LogP contribution < -0.4 is 0 Å². The Morgan fingerprint density at radius 2 is 0.619 bits per heavy atom. The molecule has 0 aromatic rings. The predicted molar refractivity (Wildman–Crippen MR) is 270 cm³/mol. The van der Waals surface area contributed by atoms with Crippen LogP contribution in [-0.2, 0) is 28.6 Å². The summed E-state index contributed by atoms with van der Waals surface area (Å²) in [5, 5.41) is 0. The monoisotopic (exact) mass is 883 g/mol. The van der Waals surface area contributed by atoms with E-state index in [0.717, 1.165) is 77.0 Å². The molecule has 0 aromatic carbocycles. The fourth-order valence-corrected chi connectivity index (χ4v) is 7.79. The minimum atomic E-state index is -0.790. The van der Waals surface area contributed by atoms with E-state index in [1.807, 2.05) is 0 Å². The van der Waals surface area contributed by atoms with Gasteiger partial charge in [0, 0.05) is 19.3 Å².